The van der Waals surface area contributed by atoms with Crippen molar-refractivity contribution in [3.05, 3.63) is 0 Å². The molecule has 3 saturated heterocycles. The Morgan fingerprint density at radius 2 is 2.00 bits per heavy atom. The summed E-state index contributed by atoms with van der Waals surface area (Å²) < 4.78 is 0. The second-order valence-corrected chi connectivity index (χ2v) is 6.44. The van der Waals surface area contributed by atoms with Crippen LogP contribution in [0.3, 0.4) is 0 Å². The molecule has 18 heavy (non-hydrogen) atoms. The van der Waals surface area contributed by atoms with E-state index in [0.717, 1.165) is 18.0 Å². The molecule has 3 atom stereocenters. The first-order valence-corrected chi connectivity index (χ1v) is 8.06. The Kier molecular flexibility index (Phi) is 4.22. The average molecular weight is 251 g/mol. The third-order valence-corrected chi connectivity index (χ3v) is 5.38. The standard InChI is InChI=1S/C15H29N3/c1-2-17-9-4-6-14(7-10-17)18-11-13-5-3-8-16-15(13)12-18/h13-16H,2-12H2,1H3/t13-,14?,15+/m0/s1. The summed E-state index contributed by atoms with van der Waals surface area (Å²) in [5.74, 6) is 0.948. The molecule has 0 aliphatic carbocycles. The highest BCUT2D eigenvalue weighted by atomic mass is 15.2. The van der Waals surface area contributed by atoms with E-state index < -0.39 is 0 Å². The third kappa shape index (κ3) is 2.73. The SMILES string of the molecule is CCN1CCCC(N2C[C@@H]3CCCN[C@@H]3C2)CC1. The molecule has 0 spiro atoms. The van der Waals surface area contributed by atoms with Crippen LogP contribution in [-0.2, 0) is 0 Å². The molecule has 104 valence electrons. The van der Waals surface area contributed by atoms with E-state index in [0.29, 0.717) is 0 Å². The number of fused-ring (bicyclic) bond motifs is 1. The van der Waals surface area contributed by atoms with Crippen LogP contribution in [0, 0.1) is 5.92 Å². The van der Waals surface area contributed by atoms with Crippen LogP contribution < -0.4 is 5.32 Å². The quantitative estimate of drug-likeness (QED) is 0.803. The van der Waals surface area contributed by atoms with Gasteiger partial charge >= 0.3 is 0 Å². The topological polar surface area (TPSA) is 18.5 Å². The summed E-state index contributed by atoms with van der Waals surface area (Å²) >= 11 is 0. The number of nitrogens with one attached hydrogen (secondary N) is 1. The summed E-state index contributed by atoms with van der Waals surface area (Å²) in [7, 11) is 0. The maximum Gasteiger partial charge on any atom is 0.0235 e. The maximum absolute atomic E-state index is 3.73. The van der Waals surface area contributed by atoms with Gasteiger partial charge in [-0.05, 0) is 64.2 Å². The molecule has 3 heteroatoms. The van der Waals surface area contributed by atoms with Gasteiger partial charge in [-0.1, -0.05) is 6.92 Å². The average Bonchev–Trinajstić information content (AvgIpc) is 2.68. The summed E-state index contributed by atoms with van der Waals surface area (Å²) in [4.78, 5) is 5.44. The minimum Gasteiger partial charge on any atom is -0.312 e. The zero-order valence-corrected chi connectivity index (χ0v) is 11.9. The molecule has 3 aliphatic heterocycles. The van der Waals surface area contributed by atoms with Gasteiger partial charge in [0.15, 0.2) is 0 Å². The first-order valence-electron chi connectivity index (χ1n) is 8.06. The fraction of sp³-hybridized carbons (Fsp3) is 1.00. The Morgan fingerprint density at radius 3 is 2.83 bits per heavy atom. The second-order valence-electron chi connectivity index (χ2n) is 6.44. The van der Waals surface area contributed by atoms with Crippen molar-refractivity contribution in [1.29, 1.82) is 0 Å². The Labute approximate surface area is 112 Å². The van der Waals surface area contributed by atoms with Crippen LogP contribution in [0.2, 0.25) is 0 Å². The summed E-state index contributed by atoms with van der Waals surface area (Å²) in [5, 5.41) is 3.73. The molecular formula is C15H29N3. The largest absolute Gasteiger partial charge is 0.312 e. The van der Waals surface area contributed by atoms with Gasteiger partial charge in [0.1, 0.15) is 0 Å². The minimum absolute atomic E-state index is 0.810. The van der Waals surface area contributed by atoms with Gasteiger partial charge in [0.05, 0.1) is 0 Å². The number of likely N-dealkylation sites (tertiary alicyclic amines) is 2. The Hall–Kier alpha value is -0.120. The van der Waals surface area contributed by atoms with Gasteiger partial charge in [-0.15, -0.1) is 0 Å². The van der Waals surface area contributed by atoms with E-state index in [1.54, 1.807) is 0 Å². The molecule has 0 saturated carbocycles. The lowest BCUT2D eigenvalue weighted by Crippen LogP contribution is -2.41. The molecule has 1 unspecified atom stereocenters. The lowest BCUT2D eigenvalue weighted by atomic mass is 9.94. The summed E-state index contributed by atoms with van der Waals surface area (Å²) in [5.41, 5.74) is 0. The lowest BCUT2D eigenvalue weighted by molar-refractivity contribution is 0.208. The van der Waals surface area contributed by atoms with E-state index in [2.05, 4.69) is 22.0 Å². The molecule has 0 aromatic rings. The highest BCUT2D eigenvalue weighted by Crippen LogP contribution is 2.29. The van der Waals surface area contributed by atoms with Crippen molar-refractivity contribution >= 4 is 0 Å². The van der Waals surface area contributed by atoms with Crippen molar-refractivity contribution in [2.75, 3.05) is 39.3 Å². The maximum atomic E-state index is 3.73. The van der Waals surface area contributed by atoms with Gasteiger partial charge in [-0.3, -0.25) is 4.90 Å². The van der Waals surface area contributed by atoms with E-state index in [1.165, 1.54) is 71.4 Å². The van der Waals surface area contributed by atoms with Crippen LogP contribution >= 0.6 is 0 Å². The molecule has 3 fully saturated rings. The summed E-state index contributed by atoms with van der Waals surface area (Å²) in [6.07, 6.45) is 7.08. The molecule has 0 radical (unpaired) electrons. The monoisotopic (exact) mass is 251 g/mol. The first kappa shape index (κ1) is 12.9. The van der Waals surface area contributed by atoms with E-state index in [-0.39, 0.29) is 0 Å². The van der Waals surface area contributed by atoms with Gasteiger partial charge in [0, 0.05) is 25.2 Å². The zero-order valence-electron chi connectivity index (χ0n) is 11.9. The minimum atomic E-state index is 0.810. The van der Waals surface area contributed by atoms with E-state index in [4.69, 9.17) is 0 Å². The molecule has 3 rings (SSSR count). The summed E-state index contributed by atoms with van der Waals surface area (Å²) in [6, 6.07) is 1.68. The Morgan fingerprint density at radius 1 is 1.06 bits per heavy atom. The van der Waals surface area contributed by atoms with Gasteiger partial charge in [0.25, 0.3) is 0 Å². The van der Waals surface area contributed by atoms with Crippen molar-refractivity contribution in [3.8, 4) is 0 Å². The van der Waals surface area contributed by atoms with Crippen molar-refractivity contribution < 1.29 is 0 Å². The molecule has 3 aliphatic rings. The van der Waals surface area contributed by atoms with Gasteiger partial charge in [0.2, 0.25) is 0 Å². The van der Waals surface area contributed by atoms with Crippen LogP contribution in [-0.4, -0.2) is 61.2 Å². The normalized spacial score (nSPS) is 39.5. The zero-order chi connectivity index (χ0) is 12.4. The van der Waals surface area contributed by atoms with Crippen LogP contribution in [0.1, 0.15) is 39.0 Å². The second kappa shape index (κ2) is 5.89. The van der Waals surface area contributed by atoms with Crippen LogP contribution in [0.5, 0.6) is 0 Å². The fourth-order valence-electron chi connectivity index (χ4n) is 4.20. The number of piperidine rings is 1. The highest BCUT2D eigenvalue weighted by Gasteiger charge is 2.37. The van der Waals surface area contributed by atoms with Crippen molar-refractivity contribution in [3.63, 3.8) is 0 Å². The van der Waals surface area contributed by atoms with Crippen molar-refractivity contribution in [2.45, 2.75) is 51.1 Å². The molecular weight excluding hydrogens is 222 g/mol. The molecule has 0 amide bonds. The predicted octanol–water partition coefficient (Wildman–Crippen LogP) is 1.54. The van der Waals surface area contributed by atoms with E-state index in [9.17, 15) is 0 Å². The molecule has 0 bridgehead atoms. The molecule has 3 heterocycles. The van der Waals surface area contributed by atoms with Crippen molar-refractivity contribution in [1.82, 2.24) is 15.1 Å². The number of rotatable bonds is 2. The van der Waals surface area contributed by atoms with E-state index in [1.807, 2.05) is 0 Å². The number of hydrogen-bond donors (Lipinski definition) is 1. The Bertz CT molecular complexity index is 254. The third-order valence-electron chi connectivity index (χ3n) is 5.38. The number of hydrogen-bond acceptors (Lipinski definition) is 3. The van der Waals surface area contributed by atoms with Crippen LogP contribution in [0.15, 0.2) is 0 Å². The summed E-state index contributed by atoms with van der Waals surface area (Å²) in [6.45, 7) is 10.1. The number of nitrogens with zero attached hydrogens (tertiary/aromatic N) is 2. The van der Waals surface area contributed by atoms with Crippen LogP contribution in [0.4, 0.5) is 0 Å². The fourth-order valence-corrected chi connectivity index (χ4v) is 4.20. The first-order chi connectivity index (χ1) is 8.86. The molecule has 3 nitrogen and oxygen atoms in total. The molecule has 1 N–H and O–H groups in total. The molecule has 0 aromatic heterocycles. The van der Waals surface area contributed by atoms with Gasteiger partial charge in [-0.25, -0.2) is 0 Å². The van der Waals surface area contributed by atoms with Crippen molar-refractivity contribution in [2.24, 2.45) is 5.92 Å². The van der Waals surface area contributed by atoms with Gasteiger partial charge in [-0.2, -0.15) is 0 Å². The van der Waals surface area contributed by atoms with Gasteiger partial charge < -0.3 is 10.2 Å². The predicted molar refractivity (Wildman–Crippen MR) is 75.8 cm³/mol. The molecule has 0 aromatic carbocycles. The lowest BCUT2D eigenvalue weighted by Gasteiger charge is -2.27. The smallest absolute Gasteiger partial charge is 0.0235 e. The highest BCUT2D eigenvalue weighted by molar-refractivity contribution is 4.94. The Balaban J connectivity index is 1.55. The van der Waals surface area contributed by atoms with Crippen LogP contribution in [0.25, 0.3) is 0 Å². The van der Waals surface area contributed by atoms with E-state index >= 15 is 0 Å².